The van der Waals surface area contributed by atoms with Gasteiger partial charge in [0, 0.05) is 12.6 Å². The molecule has 5 nitrogen and oxygen atoms in total. The molecule has 0 aliphatic carbocycles. The fourth-order valence-electron chi connectivity index (χ4n) is 3.02. The minimum absolute atomic E-state index is 0.0627. The van der Waals surface area contributed by atoms with Crippen molar-refractivity contribution in [1.29, 1.82) is 0 Å². The van der Waals surface area contributed by atoms with Gasteiger partial charge in [-0.1, -0.05) is 13.8 Å². The Bertz CT molecular complexity index is 450. The van der Waals surface area contributed by atoms with Crippen molar-refractivity contribution in [2.24, 2.45) is 5.92 Å². The second kappa shape index (κ2) is 5.45. The van der Waals surface area contributed by atoms with Gasteiger partial charge in [0.25, 0.3) is 0 Å². The van der Waals surface area contributed by atoms with Gasteiger partial charge in [0.15, 0.2) is 0 Å². The third kappa shape index (κ3) is 3.58. The molecule has 1 unspecified atom stereocenters. The first-order valence-corrected chi connectivity index (χ1v) is 7.50. The van der Waals surface area contributed by atoms with Gasteiger partial charge in [-0.05, 0) is 40.0 Å². The van der Waals surface area contributed by atoms with Crippen LogP contribution >= 0.6 is 0 Å². The smallest absolute Gasteiger partial charge is 0.140 e. The lowest BCUT2D eigenvalue weighted by Crippen LogP contribution is -2.43. The molecule has 0 spiro atoms. The minimum atomic E-state index is -0.146. The van der Waals surface area contributed by atoms with Crippen LogP contribution in [-0.2, 0) is 17.8 Å². The van der Waals surface area contributed by atoms with Gasteiger partial charge in [-0.15, -0.1) is 0 Å². The van der Waals surface area contributed by atoms with Crippen molar-refractivity contribution >= 4 is 0 Å². The lowest BCUT2D eigenvalue weighted by atomic mass is 9.94. The highest BCUT2D eigenvalue weighted by Gasteiger charge is 2.45. The summed E-state index contributed by atoms with van der Waals surface area (Å²) in [5, 5.41) is 7.90. The van der Waals surface area contributed by atoms with Crippen LogP contribution in [-0.4, -0.2) is 32.0 Å². The molecular formula is C15H28N4O. The van der Waals surface area contributed by atoms with Gasteiger partial charge < -0.3 is 10.1 Å². The van der Waals surface area contributed by atoms with Gasteiger partial charge in [0.1, 0.15) is 12.2 Å². The maximum atomic E-state index is 6.11. The molecule has 0 aromatic carbocycles. The molecule has 114 valence electrons. The Kier molecular flexibility index (Phi) is 4.21. The van der Waals surface area contributed by atoms with Crippen molar-refractivity contribution in [3.63, 3.8) is 0 Å². The van der Waals surface area contributed by atoms with Crippen LogP contribution in [0.2, 0.25) is 0 Å². The highest BCUT2D eigenvalue weighted by atomic mass is 16.5. The Balaban J connectivity index is 1.97. The number of rotatable bonds is 5. The first kappa shape index (κ1) is 15.4. The zero-order chi connectivity index (χ0) is 15.0. The highest BCUT2D eigenvalue weighted by molar-refractivity contribution is 5.00. The second-order valence-electron chi connectivity index (χ2n) is 7.36. The Morgan fingerprint density at radius 1 is 1.40 bits per heavy atom. The normalized spacial score (nSPS) is 24.4. The van der Waals surface area contributed by atoms with Crippen LogP contribution in [0.3, 0.4) is 0 Å². The Labute approximate surface area is 122 Å². The van der Waals surface area contributed by atoms with Crippen LogP contribution in [0.4, 0.5) is 0 Å². The monoisotopic (exact) mass is 280 g/mol. The second-order valence-corrected chi connectivity index (χ2v) is 7.36. The molecule has 1 aliphatic heterocycles. The van der Waals surface area contributed by atoms with E-state index in [1.807, 2.05) is 4.68 Å². The summed E-state index contributed by atoms with van der Waals surface area (Å²) in [5.74, 6) is 1.57. The van der Waals surface area contributed by atoms with Crippen molar-refractivity contribution in [2.45, 2.75) is 78.3 Å². The SMILES string of the molecule is CC(C)Cn1ncnc1CNC1CC(C)(C)OC1(C)C. The predicted molar refractivity (Wildman–Crippen MR) is 79.3 cm³/mol. The fraction of sp³-hybridized carbons (Fsp3) is 0.867. The molecule has 1 aromatic rings. The van der Waals surface area contributed by atoms with Crippen LogP contribution < -0.4 is 5.32 Å². The number of hydrogen-bond donors (Lipinski definition) is 1. The van der Waals surface area contributed by atoms with Gasteiger partial charge in [-0.2, -0.15) is 5.10 Å². The molecular weight excluding hydrogens is 252 g/mol. The molecule has 1 fully saturated rings. The molecule has 5 heteroatoms. The third-order valence-corrected chi connectivity index (χ3v) is 3.81. The topological polar surface area (TPSA) is 52.0 Å². The van der Waals surface area contributed by atoms with Crippen molar-refractivity contribution in [2.75, 3.05) is 0 Å². The fourth-order valence-corrected chi connectivity index (χ4v) is 3.02. The number of nitrogens with one attached hydrogen (secondary N) is 1. The van der Waals surface area contributed by atoms with Crippen LogP contribution in [0, 0.1) is 5.92 Å². The van der Waals surface area contributed by atoms with Crippen LogP contribution in [0.5, 0.6) is 0 Å². The quantitative estimate of drug-likeness (QED) is 0.899. The molecule has 2 rings (SSSR count). The molecule has 1 saturated heterocycles. The molecule has 1 aromatic heterocycles. The molecule has 0 radical (unpaired) electrons. The zero-order valence-corrected chi connectivity index (χ0v) is 13.6. The third-order valence-electron chi connectivity index (χ3n) is 3.81. The van der Waals surface area contributed by atoms with E-state index < -0.39 is 0 Å². The van der Waals surface area contributed by atoms with E-state index in [4.69, 9.17) is 4.74 Å². The average Bonchev–Trinajstić information content (AvgIpc) is 2.76. The summed E-state index contributed by atoms with van der Waals surface area (Å²) in [6, 6.07) is 0.335. The van der Waals surface area contributed by atoms with Crippen LogP contribution in [0.25, 0.3) is 0 Å². The van der Waals surface area contributed by atoms with Crippen molar-refractivity contribution in [1.82, 2.24) is 20.1 Å². The summed E-state index contributed by atoms with van der Waals surface area (Å²) in [5.41, 5.74) is -0.209. The number of ether oxygens (including phenoxy) is 1. The molecule has 2 heterocycles. The van der Waals surface area contributed by atoms with E-state index >= 15 is 0 Å². The van der Waals surface area contributed by atoms with Gasteiger partial charge in [-0.25, -0.2) is 9.67 Å². The van der Waals surface area contributed by atoms with Gasteiger partial charge in [0.05, 0.1) is 17.7 Å². The van der Waals surface area contributed by atoms with Crippen LogP contribution in [0.1, 0.15) is 53.8 Å². The maximum absolute atomic E-state index is 6.11. The summed E-state index contributed by atoms with van der Waals surface area (Å²) >= 11 is 0. The highest BCUT2D eigenvalue weighted by Crippen LogP contribution is 2.37. The Morgan fingerprint density at radius 3 is 2.65 bits per heavy atom. The summed E-state index contributed by atoms with van der Waals surface area (Å²) in [6.07, 6.45) is 2.65. The number of hydrogen-bond acceptors (Lipinski definition) is 4. The van der Waals surface area contributed by atoms with E-state index in [0.29, 0.717) is 12.0 Å². The number of nitrogens with zero attached hydrogens (tertiary/aromatic N) is 3. The van der Waals surface area contributed by atoms with Gasteiger partial charge in [-0.3, -0.25) is 0 Å². The van der Waals surface area contributed by atoms with E-state index in [9.17, 15) is 0 Å². The largest absolute Gasteiger partial charge is 0.368 e. The maximum Gasteiger partial charge on any atom is 0.140 e. The lowest BCUT2D eigenvalue weighted by molar-refractivity contribution is -0.0699. The molecule has 0 bridgehead atoms. The minimum Gasteiger partial charge on any atom is -0.368 e. The average molecular weight is 280 g/mol. The van der Waals surface area contributed by atoms with Crippen molar-refractivity contribution in [3.8, 4) is 0 Å². The van der Waals surface area contributed by atoms with Crippen LogP contribution in [0.15, 0.2) is 6.33 Å². The molecule has 20 heavy (non-hydrogen) atoms. The first-order valence-electron chi connectivity index (χ1n) is 7.50. The summed E-state index contributed by atoms with van der Waals surface area (Å²) in [4.78, 5) is 4.36. The summed E-state index contributed by atoms with van der Waals surface area (Å²) in [6.45, 7) is 14.6. The first-order chi connectivity index (χ1) is 9.20. The predicted octanol–water partition coefficient (Wildman–Crippen LogP) is 2.37. The zero-order valence-electron chi connectivity index (χ0n) is 13.6. The lowest BCUT2D eigenvalue weighted by Gasteiger charge is -2.27. The Hall–Kier alpha value is -0.940. The molecule has 1 aliphatic rings. The van der Waals surface area contributed by atoms with E-state index in [1.54, 1.807) is 6.33 Å². The number of aromatic nitrogens is 3. The Morgan fingerprint density at radius 2 is 2.10 bits per heavy atom. The molecule has 0 amide bonds. The van der Waals surface area contributed by atoms with E-state index in [0.717, 1.165) is 25.3 Å². The molecule has 0 saturated carbocycles. The molecule has 1 N–H and O–H groups in total. The standard InChI is InChI=1S/C15H28N4O/c1-11(2)9-19-13(17-10-18-19)8-16-12-7-14(3,4)20-15(12,5)6/h10-12,16H,7-9H2,1-6H3. The van der Waals surface area contributed by atoms with E-state index in [1.165, 1.54) is 0 Å². The van der Waals surface area contributed by atoms with Crippen molar-refractivity contribution in [3.05, 3.63) is 12.2 Å². The molecule has 1 atom stereocenters. The van der Waals surface area contributed by atoms with Gasteiger partial charge in [0.2, 0.25) is 0 Å². The van der Waals surface area contributed by atoms with Crippen molar-refractivity contribution < 1.29 is 4.74 Å². The summed E-state index contributed by atoms with van der Waals surface area (Å²) in [7, 11) is 0. The van der Waals surface area contributed by atoms with E-state index in [-0.39, 0.29) is 11.2 Å². The summed E-state index contributed by atoms with van der Waals surface area (Å²) < 4.78 is 8.10. The van der Waals surface area contributed by atoms with E-state index in [2.05, 4.69) is 56.9 Å². The van der Waals surface area contributed by atoms with Gasteiger partial charge >= 0.3 is 0 Å².